The molecule has 0 unspecified atom stereocenters. The summed E-state index contributed by atoms with van der Waals surface area (Å²) in [6.45, 7) is 2.43. The molecule has 6 nitrogen and oxygen atoms in total. The molecule has 1 saturated carbocycles. The molecule has 1 amide bonds. The summed E-state index contributed by atoms with van der Waals surface area (Å²) in [7, 11) is 1.74. The van der Waals surface area contributed by atoms with Crippen molar-refractivity contribution in [3.8, 4) is 5.88 Å². The normalized spacial score (nSPS) is 23.2. The first-order valence-electron chi connectivity index (χ1n) is 5.73. The third-order valence-corrected chi connectivity index (χ3v) is 3.22. The van der Waals surface area contributed by atoms with Crippen LogP contribution >= 0.6 is 0 Å². The molecule has 0 atom stereocenters. The number of hydrogen-bond acceptors (Lipinski definition) is 4. The van der Waals surface area contributed by atoms with Crippen molar-refractivity contribution in [2.24, 2.45) is 24.4 Å². The van der Waals surface area contributed by atoms with Gasteiger partial charge in [0, 0.05) is 7.05 Å². The molecule has 2 rings (SSSR count). The van der Waals surface area contributed by atoms with Crippen LogP contribution in [0.15, 0.2) is 0 Å². The van der Waals surface area contributed by atoms with E-state index in [-0.39, 0.29) is 6.10 Å². The van der Waals surface area contributed by atoms with Crippen molar-refractivity contribution in [1.82, 2.24) is 9.78 Å². The van der Waals surface area contributed by atoms with E-state index < -0.39 is 5.91 Å². The third-order valence-electron chi connectivity index (χ3n) is 3.22. The second kappa shape index (κ2) is 4.37. The summed E-state index contributed by atoms with van der Waals surface area (Å²) < 4.78 is 7.33. The lowest BCUT2D eigenvalue weighted by Crippen LogP contribution is -2.38. The first kappa shape index (κ1) is 11.9. The third kappa shape index (κ3) is 2.12. The second-order valence-electron chi connectivity index (χ2n) is 4.57. The van der Waals surface area contributed by atoms with Gasteiger partial charge in [-0.05, 0) is 32.2 Å². The van der Waals surface area contributed by atoms with Gasteiger partial charge in [-0.3, -0.25) is 4.79 Å². The molecule has 0 saturated heterocycles. The van der Waals surface area contributed by atoms with Gasteiger partial charge >= 0.3 is 0 Å². The number of ether oxygens (including phenoxy) is 1. The Kier molecular flexibility index (Phi) is 3.06. The number of nitrogens with two attached hydrogens (primary N) is 2. The van der Waals surface area contributed by atoms with Crippen molar-refractivity contribution in [2.45, 2.75) is 25.9 Å². The average molecular weight is 238 g/mol. The Balaban J connectivity index is 2.13. The monoisotopic (exact) mass is 238 g/mol. The van der Waals surface area contributed by atoms with Crippen LogP contribution in [0, 0.1) is 12.8 Å². The highest BCUT2D eigenvalue weighted by molar-refractivity contribution is 5.96. The summed E-state index contributed by atoms with van der Waals surface area (Å²) in [6, 6.07) is 0. The Morgan fingerprint density at radius 3 is 2.76 bits per heavy atom. The molecule has 1 fully saturated rings. The Labute approximate surface area is 99.9 Å². The van der Waals surface area contributed by atoms with Crippen molar-refractivity contribution in [3.63, 3.8) is 0 Å². The summed E-state index contributed by atoms with van der Waals surface area (Å²) in [6.07, 6.45) is 1.98. The molecule has 6 heteroatoms. The molecule has 1 heterocycles. The van der Waals surface area contributed by atoms with Gasteiger partial charge in [0.1, 0.15) is 11.7 Å². The highest BCUT2D eigenvalue weighted by Gasteiger charge is 2.32. The van der Waals surface area contributed by atoms with Crippen LogP contribution in [0.4, 0.5) is 0 Å². The van der Waals surface area contributed by atoms with E-state index in [2.05, 4.69) is 5.10 Å². The molecule has 1 aliphatic rings. The van der Waals surface area contributed by atoms with E-state index in [0.29, 0.717) is 29.6 Å². The zero-order valence-electron chi connectivity index (χ0n) is 10.1. The summed E-state index contributed by atoms with van der Waals surface area (Å²) >= 11 is 0. The van der Waals surface area contributed by atoms with Crippen LogP contribution < -0.4 is 16.2 Å². The molecular weight excluding hydrogens is 220 g/mol. The van der Waals surface area contributed by atoms with Gasteiger partial charge in [0.05, 0.1) is 5.69 Å². The number of nitrogens with zero attached hydrogens (tertiary/aromatic N) is 2. The van der Waals surface area contributed by atoms with E-state index in [1.807, 2.05) is 0 Å². The molecule has 4 N–H and O–H groups in total. The maximum absolute atomic E-state index is 11.3. The van der Waals surface area contributed by atoms with E-state index >= 15 is 0 Å². The number of rotatable bonds is 4. The number of aromatic nitrogens is 2. The van der Waals surface area contributed by atoms with Crippen LogP contribution in [-0.4, -0.2) is 28.3 Å². The standard InChI is InChI=1S/C11H18N4O2/c1-6-9(10(13)16)11(15(2)14-6)17-8-3-7(4-8)5-12/h7-8H,3-5,12H2,1-2H3,(H2,13,16). The smallest absolute Gasteiger partial charge is 0.256 e. The molecule has 17 heavy (non-hydrogen) atoms. The van der Waals surface area contributed by atoms with E-state index in [0.717, 1.165) is 12.8 Å². The number of aryl methyl sites for hydroxylation is 2. The van der Waals surface area contributed by atoms with Gasteiger partial charge in [-0.15, -0.1) is 0 Å². The van der Waals surface area contributed by atoms with Gasteiger partial charge in [0.2, 0.25) is 5.88 Å². The predicted molar refractivity (Wildman–Crippen MR) is 62.7 cm³/mol. The van der Waals surface area contributed by atoms with E-state index in [1.54, 1.807) is 18.7 Å². The van der Waals surface area contributed by atoms with Crippen LogP contribution in [0.2, 0.25) is 0 Å². The number of carbonyl (C=O) groups excluding carboxylic acids is 1. The van der Waals surface area contributed by atoms with Crippen molar-refractivity contribution < 1.29 is 9.53 Å². The quantitative estimate of drug-likeness (QED) is 0.768. The topological polar surface area (TPSA) is 96.2 Å². The number of amides is 1. The second-order valence-corrected chi connectivity index (χ2v) is 4.57. The maximum Gasteiger partial charge on any atom is 0.256 e. The Hall–Kier alpha value is -1.56. The van der Waals surface area contributed by atoms with Crippen LogP contribution in [0.3, 0.4) is 0 Å². The summed E-state index contributed by atoms with van der Waals surface area (Å²) in [5, 5.41) is 4.15. The zero-order chi connectivity index (χ0) is 12.6. The van der Waals surface area contributed by atoms with Crippen molar-refractivity contribution >= 4 is 5.91 Å². The molecule has 0 radical (unpaired) electrons. The Morgan fingerprint density at radius 1 is 1.59 bits per heavy atom. The highest BCUT2D eigenvalue weighted by Crippen LogP contribution is 2.32. The summed E-state index contributed by atoms with van der Waals surface area (Å²) in [5.41, 5.74) is 11.9. The van der Waals surface area contributed by atoms with Crippen molar-refractivity contribution in [2.75, 3.05) is 6.54 Å². The van der Waals surface area contributed by atoms with Gasteiger partial charge in [-0.25, -0.2) is 4.68 Å². The van der Waals surface area contributed by atoms with Gasteiger partial charge in [-0.2, -0.15) is 5.10 Å². The van der Waals surface area contributed by atoms with Gasteiger partial charge in [0.15, 0.2) is 0 Å². The Bertz CT molecular complexity index is 435. The first-order chi connectivity index (χ1) is 8.02. The molecule has 0 aliphatic heterocycles. The van der Waals surface area contributed by atoms with Crippen LogP contribution in [-0.2, 0) is 7.05 Å². The van der Waals surface area contributed by atoms with E-state index in [4.69, 9.17) is 16.2 Å². The molecule has 94 valence electrons. The number of primary amides is 1. The largest absolute Gasteiger partial charge is 0.474 e. The van der Waals surface area contributed by atoms with Gasteiger partial charge in [0.25, 0.3) is 5.91 Å². The summed E-state index contributed by atoms with van der Waals surface area (Å²) in [5.74, 6) is 0.502. The van der Waals surface area contributed by atoms with Crippen LogP contribution in [0.1, 0.15) is 28.9 Å². The fraction of sp³-hybridized carbons (Fsp3) is 0.636. The predicted octanol–water partition coefficient (Wildman–Crippen LogP) is -0.0565. The highest BCUT2D eigenvalue weighted by atomic mass is 16.5. The Morgan fingerprint density at radius 2 is 2.24 bits per heavy atom. The van der Waals surface area contributed by atoms with Crippen molar-refractivity contribution in [3.05, 3.63) is 11.3 Å². The number of carbonyl (C=O) groups is 1. The molecule has 1 aliphatic carbocycles. The van der Waals surface area contributed by atoms with Crippen LogP contribution in [0.5, 0.6) is 5.88 Å². The molecular formula is C11H18N4O2. The minimum Gasteiger partial charge on any atom is -0.474 e. The van der Waals surface area contributed by atoms with Gasteiger partial charge in [-0.1, -0.05) is 0 Å². The molecule has 0 aromatic carbocycles. The lowest BCUT2D eigenvalue weighted by Gasteiger charge is -2.34. The van der Waals surface area contributed by atoms with E-state index in [9.17, 15) is 4.79 Å². The van der Waals surface area contributed by atoms with Crippen molar-refractivity contribution in [1.29, 1.82) is 0 Å². The SMILES string of the molecule is Cc1nn(C)c(OC2CC(CN)C2)c1C(N)=O. The van der Waals surface area contributed by atoms with Gasteiger partial charge < -0.3 is 16.2 Å². The summed E-state index contributed by atoms with van der Waals surface area (Å²) in [4.78, 5) is 11.3. The number of hydrogen-bond donors (Lipinski definition) is 2. The zero-order valence-corrected chi connectivity index (χ0v) is 10.1. The molecule has 0 spiro atoms. The average Bonchev–Trinajstić information content (AvgIpc) is 2.46. The minimum atomic E-state index is -0.500. The lowest BCUT2D eigenvalue weighted by molar-refractivity contribution is 0.0596. The lowest BCUT2D eigenvalue weighted by atomic mass is 9.82. The first-order valence-corrected chi connectivity index (χ1v) is 5.73. The van der Waals surface area contributed by atoms with E-state index in [1.165, 1.54) is 0 Å². The molecule has 0 bridgehead atoms. The fourth-order valence-electron chi connectivity index (χ4n) is 2.18. The molecule has 1 aromatic rings. The minimum absolute atomic E-state index is 0.122. The maximum atomic E-state index is 11.3. The fourth-order valence-corrected chi connectivity index (χ4v) is 2.18. The molecule has 1 aromatic heterocycles. The van der Waals surface area contributed by atoms with Crippen LogP contribution in [0.25, 0.3) is 0 Å².